The zero-order valence-corrected chi connectivity index (χ0v) is 11.7. The molecule has 1 saturated carbocycles. The van der Waals surface area contributed by atoms with E-state index >= 15 is 0 Å². The fourth-order valence-electron chi connectivity index (χ4n) is 2.95. The average molecular weight is 292 g/mol. The zero-order chi connectivity index (χ0) is 14.7. The summed E-state index contributed by atoms with van der Waals surface area (Å²) in [7, 11) is -4.42. The Kier molecular flexibility index (Phi) is 2.77. The smallest absolute Gasteiger partial charge is 0.352 e. The molecule has 19 heavy (non-hydrogen) atoms. The van der Waals surface area contributed by atoms with E-state index in [2.05, 4.69) is 4.74 Å². The van der Waals surface area contributed by atoms with E-state index in [0.29, 0.717) is 6.42 Å². The van der Waals surface area contributed by atoms with E-state index in [1.54, 1.807) is 20.8 Å². The van der Waals surface area contributed by atoms with Crippen LogP contribution >= 0.6 is 0 Å². The van der Waals surface area contributed by atoms with Crippen LogP contribution in [0.2, 0.25) is 0 Å². The van der Waals surface area contributed by atoms with Crippen LogP contribution in [-0.4, -0.2) is 36.4 Å². The molecule has 1 saturated heterocycles. The third-order valence-corrected chi connectivity index (χ3v) is 5.17. The van der Waals surface area contributed by atoms with E-state index in [1.807, 2.05) is 0 Å². The lowest BCUT2D eigenvalue weighted by Crippen LogP contribution is -2.49. The summed E-state index contributed by atoms with van der Waals surface area (Å²) in [5.74, 6) is -2.55. The van der Waals surface area contributed by atoms with Crippen LogP contribution < -0.4 is 0 Å². The highest BCUT2D eigenvalue weighted by Gasteiger charge is 2.76. The molecule has 0 aromatic carbocycles. The van der Waals surface area contributed by atoms with Crippen LogP contribution in [0.5, 0.6) is 0 Å². The highest BCUT2D eigenvalue weighted by atomic mass is 32.2. The van der Waals surface area contributed by atoms with Crippen LogP contribution in [0.25, 0.3) is 0 Å². The van der Waals surface area contributed by atoms with Gasteiger partial charge in [0.15, 0.2) is 0 Å². The summed E-state index contributed by atoms with van der Waals surface area (Å²) in [4.78, 5) is 24.0. The molecule has 0 amide bonds. The molecule has 2 fully saturated rings. The number of carbonyl (C=O) groups excluding carboxylic acids is 2. The zero-order valence-electron chi connectivity index (χ0n) is 10.9. The first-order chi connectivity index (χ1) is 8.46. The van der Waals surface area contributed by atoms with Crippen molar-refractivity contribution in [2.24, 2.45) is 10.8 Å². The van der Waals surface area contributed by atoms with Gasteiger partial charge in [0.2, 0.25) is 11.5 Å². The summed E-state index contributed by atoms with van der Waals surface area (Å²) in [6.07, 6.45) is 0.756. The van der Waals surface area contributed by atoms with Crippen molar-refractivity contribution in [2.45, 2.75) is 39.2 Å². The molecule has 0 radical (unpaired) electrons. The molecule has 1 N–H and O–H groups in total. The summed E-state index contributed by atoms with van der Waals surface area (Å²) in [6, 6.07) is 0. The molecule has 2 rings (SSSR count). The van der Waals surface area contributed by atoms with E-state index in [1.165, 1.54) is 0 Å². The van der Waals surface area contributed by atoms with Crippen LogP contribution in [0.1, 0.15) is 33.6 Å². The third kappa shape index (κ3) is 1.69. The number of esters is 2. The maximum Gasteiger partial charge on any atom is 0.352 e. The van der Waals surface area contributed by atoms with Crippen molar-refractivity contribution in [1.82, 2.24) is 0 Å². The lowest BCUT2D eigenvalue weighted by Gasteiger charge is -2.34. The fourth-order valence-corrected chi connectivity index (χ4v) is 3.20. The Morgan fingerprint density at radius 3 is 2.32 bits per heavy atom. The molecular formula is C11H16O7S. The average Bonchev–Trinajstić information content (AvgIpc) is 2.55. The van der Waals surface area contributed by atoms with Crippen molar-refractivity contribution in [2.75, 3.05) is 5.94 Å². The molecule has 1 aliphatic carbocycles. The quantitative estimate of drug-likeness (QED) is 0.596. The van der Waals surface area contributed by atoms with Crippen LogP contribution in [0.4, 0.5) is 0 Å². The highest BCUT2D eigenvalue weighted by molar-refractivity contribution is 7.85. The maximum atomic E-state index is 12.1. The van der Waals surface area contributed by atoms with Gasteiger partial charge in [0.05, 0.1) is 5.41 Å². The number of carbonyl (C=O) groups is 2. The monoisotopic (exact) mass is 292 g/mol. The molecular weight excluding hydrogens is 276 g/mol. The summed E-state index contributed by atoms with van der Waals surface area (Å²) >= 11 is 0. The summed E-state index contributed by atoms with van der Waals surface area (Å²) < 4.78 is 39.6. The molecule has 0 aromatic heterocycles. The third-order valence-electron chi connectivity index (χ3n) is 4.75. The van der Waals surface area contributed by atoms with Crippen molar-refractivity contribution >= 4 is 22.1 Å². The van der Waals surface area contributed by atoms with Gasteiger partial charge in [-0.05, 0) is 19.8 Å². The second kappa shape index (κ2) is 3.69. The van der Waals surface area contributed by atoms with Crippen molar-refractivity contribution in [3.05, 3.63) is 0 Å². The van der Waals surface area contributed by atoms with Gasteiger partial charge in [0, 0.05) is 5.41 Å². The minimum atomic E-state index is -4.42. The minimum Gasteiger partial charge on any atom is -0.446 e. The molecule has 1 aliphatic heterocycles. The molecule has 2 bridgehead atoms. The first-order valence-electron chi connectivity index (χ1n) is 5.82. The first-order valence-corrected chi connectivity index (χ1v) is 7.43. The Bertz CT molecular complexity index is 549. The van der Waals surface area contributed by atoms with Crippen molar-refractivity contribution in [3.63, 3.8) is 0 Å². The Morgan fingerprint density at radius 2 is 1.95 bits per heavy atom. The number of fused-ring (bicyclic) bond motifs is 2. The topological polar surface area (TPSA) is 107 Å². The van der Waals surface area contributed by atoms with E-state index in [-0.39, 0.29) is 6.42 Å². The molecule has 108 valence electrons. The normalized spacial score (nSPS) is 36.1. The Labute approximate surface area is 111 Å². The van der Waals surface area contributed by atoms with Gasteiger partial charge in [-0.2, -0.15) is 8.42 Å². The van der Waals surface area contributed by atoms with Gasteiger partial charge in [0.1, 0.15) is 0 Å². The minimum absolute atomic E-state index is 0.284. The molecule has 8 heteroatoms. The number of hydrogen-bond donors (Lipinski definition) is 1. The number of hydrogen-bond acceptors (Lipinski definition) is 6. The highest BCUT2D eigenvalue weighted by Crippen LogP contribution is 2.65. The second-order valence-corrected chi connectivity index (χ2v) is 7.20. The van der Waals surface area contributed by atoms with E-state index in [4.69, 9.17) is 9.29 Å². The lowest BCUT2D eigenvalue weighted by atomic mass is 9.66. The van der Waals surface area contributed by atoms with Crippen molar-refractivity contribution < 1.29 is 32.0 Å². The number of ether oxygens (including phenoxy) is 2. The summed E-state index contributed by atoms with van der Waals surface area (Å²) in [6.45, 7) is 5.17. The molecule has 2 unspecified atom stereocenters. The van der Waals surface area contributed by atoms with Crippen LogP contribution in [0.3, 0.4) is 0 Å². The molecule has 2 atom stereocenters. The van der Waals surface area contributed by atoms with Crippen LogP contribution in [0, 0.1) is 10.8 Å². The largest absolute Gasteiger partial charge is 0.446 e. The van der Waals surface area contributed by atoms with Gasteiger partial charge in [-0.25, -0.2) is 4.79 Å². The molecule has 1 heterocycles. The van der Waals surface area contributed by atoms with Gasteiger partial charge in [-0.1, -0.05) is 13.8 Å². The molecule has 0 spiro atoms. The van der Waals surface area contributed by atoms with Gasteiger partial charge in [-0.3, -0.25) is 9.35 Å². The second-order valence-electron chi connectivity index (χ2n) is 5.81. The van der Waals surface area contributed by atoms with Crippen molar-refractivity contribution in [1.29, 1.82) is 0 Å². The van der Waals surface area contributed by atoms with Crippen LogP contribution in [0.15, 0.2) is 0 Å². The Morgan fingerprint density at radius 1 is 1.37 bits per heavy atom. The standard InChI is InChI=1S/C11H16O7S/c1-9(2)10(3)4-5-11(9,18-7(10)12)8(13)17-6-19(14,15)16/h4-6H2,1-3H3,(H,14,15,16). The SMILES string of the molecule is CC12CCC(C(=O)OCS(=O)(=O)O)(OC1=O)C2(C)C. The molecule has 0 aromatic rings. The molecule has 2 aliphatic rings. The van der Waals surface area contributed by atoms with E-state index in [9.17, 15) is 18.0 Å². The Hall–Kier alpha value is -1.15. The van der Waals surface area contributed by atoms with E-state index < -0.39 is 44.4 Å². The van der Waals surface area contributed by atoms with Gasteiger partial charge in [-0.15, -0.1) is 0 Å². The fraction of sp³-hybridized carbons (Fsp3) is 0.818. The first kappa shape index (κ1) is 14.3. The van der Waals surface area contributed by atoms with E-state index in [0.717, 1.165) is 0 Å². The Balaban J connectivity index is 2.29. The predicted octanol–water partition coefficient (Wildman–Crippen LogP) is 0.497. The van der Waals surface area contributed by atoms with Crippen molar-refractivity contribution in [3.8, 4) is 0 Å². The van der Waals surface area contributed by atoms with Gasteiger partial charge in [0.25, 0.3) is 0 Å². The summed E-state index contributed by atoms with van der Waals surface area (Å²) in [5, 5.41) is 0. The summed E-state index contributed by atoms with van der Waals surface area (Å²) in [5.41, 5.74) is -3.05. The van der Waals surface area contributed by atoms with Gasteiger partial charge >= 0.3 is 22.1 Å². The predicted molar refractivity (Wildman–Crippen MR) is 62.5 cm³/mol. The lowest BCUT2D eigenvalue weighted by molar-refractivity contribution is -0.181. The number of rotatable bonds is 3. The van der Waals surface area contributed by atoms with Gasteiger partial charge < -0.3 is 9.47 Å². The maximum absolute atomic E-state index is 12.1. The molecule has 7 nitrogen and oxygen atoms in total. The van der Waals surface area contributed by atoms with Crippen LogP contribution in [-0.2, 0) is 29.2 Å².